The van der Waals surface area contributed by atoms with Crippen molar-refractivity contribution in [3.63, 3.8) is 0 Å². The van der Waals surface area contributed by atoms with Crippen LogP contribution in [0.25, 0.3) is 0 Å². The Kier molecular flexibility index (Phi) is 2.15. The van der Waals surface area contributed by atoms with E-state index in [1.807, 2.05) is 12.4 Å². The molecule has 0 unspecified atom stereocenters. The highest BCUT2D eigenvalue weighted by Gasteiger charge is 2.21. The maximum absolute atomic E-state index is 3.49. The van der Waals surface area contributed by atoms with Gasteiger partial charge in [0.1, 0.15) is 0 Å². The van der Waals surface area contributed by atoms with Gasteiger partial charge >= 0.3 is 0 Å². The molecule has 1 aromatic heterocycles. The largest absolute Gasteiger partial charge is 0.367 e. The first-order valence-electron chi connectivity index (χ1n) is 4.38. The van der Waals surface area contributed by atoms with Crippen LogP contribution >= 0.6 is 0 Å². The van der Waals surface area contributed by atoms with Crippen LogP contribution in [-0.4, -0.2) is 36.1 Å². The molecule has 1 aromatic rings. The summed E-state index contributed by atoms with van der Waals surface area (Å²) in [5, 5.41) is 3.49. The van der Waals surface area contributed by atoms with Crippen molar-refractivity contribution < 1.29 is 0 Å². The number of hydrogen-bond acceptors (Lipinski definition) is 2. The predicted molar refractivity (Wildman–Crippen MR) is 48.9 cm³/mol. The lowest BCUT2D eigenvalue weighted by atomic mass is 10.1. The molecule has 2 heterocycles. The molecule has 3 nitrogen and oxygen atoms in total. The zero-order chi connectivity index (χ0) is 8.39. The van der Waals surface area contributed by atoms with Crippen molar-refractivity contribution in [2.75, 3.05) is 20.1 Å². The Hall–Kier alpha value is -0.800. The third-order valence-electron chi connectivity index (χ3n) is 2.32. The topological polar surface area (TPSA) is 31.1 Å². The highest BCUT2D eigenvalue weighted by atomic mass is 15.2. The van der Waals surface area contributed by atoms with Gasteiger partial charge in [0.15, 0.2) is 0 Å². The first-order chi connectivity index (χ1) is 5.84. The minimum Gasteiger partial charge on any atom is -0.367 e. The SMILES string of the molecule is CN1CC(NCc2cc[nH]c2)C1. The van der Waals surface area contributed by atoms with Crippen LogP contribution in [-0.2, 0) is 6.54 Å². The number of aromatic nitrogens is 1. The average molecular weight is 165 g/mol. The third-order valence-corrected chi connectivity index (χ3v) is 2.32. The third kappa shape index (κ3) is 1.68. The molecule has 1 aliphatic heterocycles. The van der Waals surface area contributed by atoms with Gasteiger partial charge in [-0.2, -0.15) is 0 Å². The Morgan fingerprint density at radius 3 is 3.08 bits per heavy atom. The lowest BCUT2D eigenvalue weighted by Gasteiger charge is -2.36. The van der Waals surface area contributed by atoms with Gasteiger partial charge in [-0.25, -0.2) is 0 Å². The summed E-state index contributed by atoms with van der Waals surface area (Å²) in [6, 6.07) is 2.81. The first kappa shape index (κ1) is 7.83. The van der Waals surface area contributed by atoms with E-state index in [4.69, 9.17) is 0 Å². The van der Waals surface area contributed by atoms with E-state index in [0.29, 0.717) is 6.04 Å². The summed E-state index contributed by atoms with van der Waals surface area (Å²) in [5.74, 6) is 0. The highest BCUT2D eigenvalue weighted by molar-refractivity contribution is 5.08. The van der Waals surface area contributed by atoms with Crippen LogP contribution in [0.2, 0.25) is 0 Å². The maximum atomic E-state index is 3.49. The number of nitrogens with zero attached hydrogens (tertiary/aromatic N) is 1. The molecule has 2 rings (SSSR count). The Balaban J connectivity index is 1.70. The average Bonchev–Trinajstić information content (AvgIpc) is 2.47. The lowest BCUT2D eigenvalue weighted by Crippen LogP contribution is -2.55. The Labute approximate surface area is 72.8 Å². The Morgan fingerprint density at radius 1 is 1.67 bits per heavy atom. The lowest BCUT2D eigenvalue weighted by molar-refractivity contribution is 0.161. The van der Waals surface area contributed by atoms with Crippen molar-refractivity contribution in [1.29, 1.82) is 0 Å². The molecule has 12 heavy (non-hydrogen) atoms. The number of likely N-dealkylation sites (tertiary alicyclic amines) is 1. The second kappa shape index (κ2) is 3.29. The van der Waals surface area contributed by atoms with Gasteiger partial charge in [0.25, 0.3) is 0 Å². The first-order valence-corrected chi connectivity index (χ1v) is 4.38. The second-order valence-electron chi connectivity index (χ2n) is 3.52. The van der Waals surface area contributed by atoms with Crippen LogP contribution in [0.1, 0.15) is 5.56 Å². The second-order valence-corrected chi connectivity index (χ2v) is 3.52. The fourth-order valence-corrected chi connectivity index (χ4v) is 1.56. The van der Waals surface area contributed by atoms with Gasteiger partial charge < -0.3 is 15.2 Å². The summed E-state index contributed by atoms with van der Waals surface area (Å²) >= 11 is 0. The van der Waals surface area contributed by atoms with E-state index >= 15 is 0 Å². The van der Waals surface area contributed by atoms with Crippen molar-refractivity contribution in [3.05, 3.63) is 24.0 Å². The maximum Gasteiger partial charge on any atom is 0.0325 e. The summed E-state index contributed by atoms with van der Waals surface area (Å²) in [4.78, 5) is 5.36. The van der Waals surface area contributed by atoms with E-state index in [9.17, 15) is 0 Å². The summed E-state index contributed by atoms with van der Waals surface area (Å²) in [6.07, 6.45) is 4.00. The molecular formula is C9H15N3. The number of aromatic amines is 1. The van der Waals surface area contributed by atoms with Crippen molar-refractivity contribution in [2.24, 2.45) is 0 Å². The van der Waals surface area contributed by atoms with Gasteiger partial charge in [0.2, 0.25) is 0 Å². The normalized spacial score (nSPS) is 19.4. The monoisotopic (exact) mass is 165 g/mol. The van der Waals surface area contributed by atoms with Crippen LogP contribution < -0.4 is 5.32 Å². The molecule has 0 atom stereocenters. The number of rotatable bonds is 3. The molecule has 3 heteroatoms. The quantitative estimate of drug-likeness (QED) is 0.680. The van der Waals surface area contributed by atoms with Crippen molar-refractivity contribution in [3.8, 4) is 0 Å². The molecule has 2 N–H and O–H groups in total. The Bertz CT molecular complexity index is 224. The zero-order valence-electron chi connectivity index (χ0n) is 7.38. The molecular weight excluding hydrogens is 150 g/mol. The van der Waals surface area contributed by atoms with Gasteiger partial charge in [0, 0.05) is 38.1 Å². The molecule has 0 saturated carbocycles. The minimum atomic E-state index is 0.699. The van der Waals surface area contributed by atoms with E-state index in [0.717, 1.165) is 6.54 Å². The van der Waals surface area contributed by atoms with Crippen LogP contribution in [0.4, 0.5) is 0 Å². The molecule has 0 spiro atoms. The van der Waals surface area contributed by atoms with Gasteiger partial charge in [0.05, 0.1) is 0 Å². The van der Waals surface area contributed by atoms with Gasteiger partial charge in [-0.3, -0.25) is 0 Å². The molecule has 0 bridgehead atoms. The standard InChI is InChI=1S/C9H15N3/c1-12-6-9(7-12)11-5-8-2-3-10-4-8/h2-4,9-11H,5-7H2,1H3. The van der Waals surface area contributed by atoms with Crippen molar-refractivity contribution >= 4 is 0 Å². The van der Waals surface area contributed by atoms with E-state index in [1.165, 1.54) is 18.7 Å². The van der Waals surface area contributed by atoms with Crippen LogP contribution in [0.15, 0.2) is 18.5 Å². The minimum absolute atomic E-state index is 0.699. The van der Waals surface area contributed by atoms with Gasteiger partial charge in [-0.05, 0) is 18.7 Å². The van der Waals surface area contributed by atoms with Crippen LogP contribution in [0.3, 0.4) is 0 Å². The predicted octanol–water partition coefficient (Wildman–Crippen LogP) is 0.418. The van der Waals surface area contributed by atoms with Crippen molar-refractivity contribution in [2.45, 2.75) is 12.6 Å². The zero-order valence-corrected chi connectivity index (χ0v) is 7.38. The molecule has 1 aliphatic rings. The van der Waals surface area contributed by atoms with Crippen LogP contribution in [0.5, 0.6) is 0 Å². The summed E-state index contributed by atoms with van der Waals surface area (Å²) in [6.45, 7) is 3.36. The molecule has 0 radical (unpaired) electrons. The smallest absolute Gasteiger partial charge is 0.0325 e. The van der Waals surface area contributed by atoms with Crippen molar-refractivity contribution in [1.82, 2.24) is 15.2 Å². The molecule has 1 saturated heterocycles. The number of H-pyrrole nitrogens is 1. The fraction of sp³-hybridized carbons (Fsp3) is 0.556. The molecule has 1 fully saturated rings. The molecule has 0 aromatic carbocycles. The van der Waals surface area contributed by atoms with E-state index in [2.05, 4.69) is 28.3 Å². The Morgan fingerprint density at radius 2 is 2.50 bits per heavy atom. The summed E-state index contributed by atoms with van der Waals surface area (Å²) < 4.78 is 0. The van der Waals surface area contributed by atoms with E-state index < -0.39 is 0 Å². The number of nitrogens with one attached hydrogen (secondary N) is 2. The van der Waals surface area contributed by atoms with Gasteiger partial charge in [-0.15, -0.1) is 0 Å². The fourth-order valence-electron chi connectivity index (χ4n) is 1.56. The molecule has 0 amide bonds. The van der Waals surface area contributed by atoms with Crippen LogP contribution in [0, 0.1) is 0 Å². The van der Waals surface area contributed by atoms with E-state index in [1.54, 1.807) is 0 Å². The van der Waals surface area contributed by atoms with Gasteiger partial charge in [-0.1, -0.05) is 0 Å². The number of hydrogen-bond donors (Lipinski definition) is 2. The van der Waals surface area contributed by atoms with E-state index in [-0.39, 0.29) is 0 Å². The summed E-state index contributed by atoms with van der Waals surface area (Å²) in [7, 11) is 2.15. The molecule has 0 aliphatic carbocycles. The highest BCUT2D eigenvalue weighted by Crippen LogP contribution is 2.05. The summed E-state index contributed by atoms with van der Waals surface area (Å²) in [5.41, 5.74) is 1.34. The number of likely N-dealkylation sites (N-methyl/N-ethyl adjacent to an activating group) is 1. The molecule has 66 valence electrons.